The van der Waals surface area contributed by atoms with Crippen molar-refractivity contribution in [3.63, 3.8) is 0 Å². The molecule has 3 N–H and O–H groups in total. The van der Waals surface area contributed by atoms with Gasteiger partial charge >= 0.3 is 0 Å². The van der Waals surface area contributed by atoms with Crippen molar-refractivity contribution in [3.8, 4) is 5.75 Å². The Kier molecular flexibility index (Phi) is 4.76. The molecule has 7 nitrogen and oxygen atoms in total. The molecular formula is C14H17N3O4. The number of nitrogens with one attached hydrogen (secondary N) is 1. The van der Waals surface area contributed by atoms with Crippen LogP contribution in [0.15, 0.2) is 24.3 Å². The summed E-state index contributed by atoms with van der Waals surface area (Å²) in [5.74, 6) is -0.838. The highest BCUT2D eigenvalue weighted by Crippen LogP contribution is 2.17. The molecule has 0 aromatic heterocycles. The normalized spacial score (nSPS) is 15.0. The lowest BCUT2D eigenvalue weighted by Crippen LogP contribution is -2.39. The van der Waals surface area contributed by atoms with Gasteiger partial charge in [0, 0.05) is 13.1 Å². The Morgan fingerprint density at radius 2 is 2.10 bits per heavy atom. The van der Waals surface area contributed by atoms with Crippen LogP contribution in [0.4, 0.5) is 0 Å². The van der Waals surface area contributed by atoms with Gasteiger partial charge in [-0.25, -0.2) is 0 Å². The minimum absolute atomic E-state index is 0.0274. The standard InChI is InChI=1S/C14H17N3O4/c15-14(20)10-4-1-2-5-11(10)21-9-13(19)17-7-3-6-16-12(18)8-17/h1-2,4-5H,3,6-9H2,(H2,15,20)(H,16,18). The zero-order valence-electron chi connectivity index (χ0n) is 11.5. The third kappa shape index (κ3) is 3.95. The highest BCUT2D eigenvalue weighted by atomic mass is 16.5. The van der Waals surface area contributed by atoms with Crippen molar-refractivity contribution in [1.29, 1.82) is 0 Å². The molecule has 0 bridgehead atoms. The Hall–Kier alpha value is -2.57. The zero-order valence-corrected chi connectivity index (χ0v) is 11.5. The van der Waals surface area contributed by atoms with Crippen LogP contribution >= 0.6 is 0 Å². The fourth-order valence-corrected chi connectivity index (χ4v) is 2.05. The average Bonchev–Trinajstić information content (AvgIpc) is 2.69. The van der Waals surface area contributed by atoms with E-state index in [9.17, 15) is 14.4 Å². The van der Waals surface area contributed by atoms with E-state index in [0.717, 1.165) is 0 Å². The molecule has 1 aliphatic heterocycles. The highest BCUT2D eigenvalue weighted by molar-refractivity contribution is 5.95. The lowest BCUT2D eigenvalue weighted by atomic mass is 10.2. The minimum Gasteiger partial charge on any atom is -0.483 e. The summed E-state index contributed by atoms with van der Waals surface area (Å²) in [6.45, 7) is 0.851. The molecule has 0 unspecified atom stereocenters. The van der Waals surface area contributed by atoms with Gasteiger partial charge in [-0.2, -0.15) is 0 Å². The molecule has 3 amide bonds. The maximum absolute atomic E-state index is 12.1. The first-order chi connectivity index (χ1) is 10.1. The molecule has 0 radical (unpaired) electrons. The Morgan fingerprint density at radius 3 is 2.86 bits per heavy atom. The topological polar surface area (TPSA) is 102 Å². The lowest BCUT2D eigenvalue weighted by Gasteiger charge is -2.19. The fraction of sp³-hybridized carbons (Fsp3) is 0.357. The second-order valence-corrected chi connectivity index (χ2v) is 4.67. The van der Waals surface area contributed by atoms with Crippen molar-refractivity contribution in [2.24, 2.45) is 5.73 Å². The van der Waals surface area contributed by atoms with E-state index in [2.05, 4.69) is 5.32 Å². The predicted octanol–water partition coefficient (Wildman–Crippen LogP) is -0.487. The number of nitrogens with zero attached hydrogens (tertiary/aromatic N) is 1. The third-order valence-electron chi connectivity index (χ3n) is 3.12. The molecule has 1 aromatic rings. The number of amides is 3. The molecule has 7 heteroatoms. The van der Waals surface area contributed by atoms with Crippen LogP contribution in [0.3, 0.4) is 0 Å². The first-order valence-electron chi connectivity index (χ1n) is 6.64. The Bertz CT molecular complexity index is 559. The van der Waals surface area contributed by atoms with Crippen molar-refractivity contribution < 1.29 is 19.1 Å². The van der Waals surface area contributed by atoms with E-state index in [4.69, 9.17) is 10.5 Å². The van der Waals surface area contributed by atoms with Crippen molar-refractivity contribution in [3.05, 3.63) is 29.8 Å². The van der Waals surface area contributed by atoms with E-state index in [1.165, 1.54) is 11.0 Å². The zero-order chi connectivity index (χ0) is 15.2. The van der Waals surface area contributed by atoms with E-state index in [1.807, 2.05) is 0 Å². The summed E-state index contributed by atoms with van der Waals surface area (Å²) in [6, 6.07) is 6.45. The highest BCUT2D eigenvalue weighted by Gasteiger charge is 2.20. The van der Waals surface area contributed by atoms with Crippen LogP contribution < -0.4 is 15.8 Å². The second-order valence-electron chi connectivity index (χ2n) is 4.67. The van der Waals surface area contributed by atoms with Gasteiger partial charge in [0.25, 0.3) is 11.8 Å². The van der Waals surface area contributed by atoms with E-state index in [1.54, 1.807) is 18.2 Å². The van der Waals surface area contributed by atoms with Crippen molar-refractivity contribution in [2.45, 2.75) is 6.42 Å². The van der Waals surface area contributed by atoms with Gasteiger partial charge < -0.3 is 20.7 Å². The van der Waals surface area contributed by atoms with Crippen LogP contribution in [0, 0.1) is 0 Å². The van der Waals surface area contributed by atoms with Gasteiger partial charge in [0.1, 0.15) is 5.75 Å². The number of ether oxygens (including phenoxy) is 1. The maximum Gasteiger partial charge on any atom is 0.260 e. The van der Waals surface area contributed by atoms with E-state index >= 15 is 0 Å². The SMILES string of the molecule is NC(=O)c1ccccc1OCC(=O)N1CCCNC(=O)C1. The number of hydrogen-bond donors (Lipinski definition) is 2. The summed E-state index contributed by atoms with van der Waals surface area (Å²) in [4.78, 5) is 36.2. The van der Waals surface area contributed by atoms with Crippen LogP contribution in [0.25, 0.3) is 0 Å². The molecule has 0 saturated carbocycles. The molecular weight excluding hydrogens is 274 g/mol. The van der Waals surface area contributed by atoms with Gasteiger partial charge in [0.05, 0.1) is 12.1 Å². The molecule has 1 heterocycles. The molecule has 0 aliphatic carbocycles. The Morgan fingerprint density at radius 1 is 1.33 bits per heavy atom. The average molecular weight is 291 g/mol. The number of carbonyl (C=O) groups excluding carboxylic acids is 3. The van der Waals surface area contributed by atoms with Gasteiger partial charge in [-0.1, -0.05) is 12.1 Å². The number of rotatable bonds is 4. The number of hydrogen-bond acceptors (Lipinski definition) is 4. The largest absolute Gasteiger partial charge is 0.483 e. The molecule has 1 aromatic carbocycles. The number of nitrogens with two attached hydrogens (primary N) is 1. The van der Waals surface area contributed by atoms with Gasteiger partial charge in [-0.3, -0.25) is 14.4 Å². The molecule has 1 saturated heterocycles. The van der Waals surface area contributed by atoms with Gasteiger partial charge in [-0.05, 0) is 18.6 Å². The van der Waals surface area contributed by atoms with Crippen LogP contribution in [0.5, 0.6) is 5.75 Å². The number of carbonyl (C=O) groups is 3. The van der Waals surface area contributed by atoms with Crippen LogP contribution in [0.1, 0.15) is 16.8 Å². The fourth-order valence-electron chi connectivity index (χ4n) is 2.05. The summed E-state index contributed by atoms with van der Waals surface area (Å²) in [7, 11) is 0. The van der Waals surface area contributed by atoms with Crippen molar-refractivity contribution in [2.75, 3.05) is 26.2 Å². The summed E-state index contributed by atoms with van der Waals surface area (Å²) in [6.07, 6.45) is 0.704. The monoisotopic (exact) mass is 291 g/mol. The molecule has 0 atom stereocenters. The Labute approximate surface area is 122 Å². The van der Waals surface area contributed by atoms with Crippen LogP contribution in [-0.2, 0) is 9.59 Å². The molecule has 1 fully saturated rings. The molecule has 1 aliphatic rings. The summed E-state index contributed by atoms with van der Waals surface area (Å²) in [5.41, 5.74) is 5.46. The smallest absolute Gasteiger partial charge is 0.260 e. The first kappa shape index (κ1) is 14.8. The van der Waals surface area contributed by atoms with Crippen molar-refractivity contribution in [1.82, 2.24) is 10.2 Å². The second kappa shape index (κ2) is 6.74. The van der Waals surface area contributed by atoms with E-state index in [0.29, 0.717) is 19.5 Å². The molecule has 0 spiro atoms. The molecule has 21 heavy (non-hydrogen) atoms. The first-order valence-corrected chi connectivity index (χ1v) is 6.64. The minimum atomic E-state index is -0.618. The van der Waals surface area contributed by atoms with Crippen molar-refractivity contribution >= 4 is 17.7 Å². The molecule has 112 valence electrons. The van der Waals surface area contributed by atoms with Crippen LogP contribution in [0.2, 0.25) is 0 Å². The Balaban J connectivity index is 1.97. The molecule has 2 rings (SSSR count). The van der Waals surface area contributed by atoms with E-state index < -0.39 is 5.91 Å². The lowest BCUT2D eigenvalue weighted by molar-refractivity contribution is -0.136. The van der Waals surface area contributed by atoms with Gasteiger partial charge in [-0.15, -0.1) is 0 Å². The summed E-state index contributed by atoms with van der Waals surface area (Å²) >= 11 is 0. The van der Waals surface area contributed by atoms with Crippen LogP contribution in [-0.4, -0.2) is 48.9 Å². The van der Waals surface area contributed by atoms with Gasteiger partial charge in [0.2, 0.25) is 5.91 Å². The quantitative estimate of drug-likeness (QED) is 0.781. The maximum atomic E-state index is 12.1. The van der Waals surface area contributed by atoms with Gasteiger partial charge in [0.15, 0.2) is 6.61 Å². The third-order valence-corrected chi connectivity index (χ3v) is 3.12. The number of benzene rings is 1. The number of para-hydroxylation sites is 1. The summed E-state index contributed by atoms with van der Waals surface area (Å²) in [5, 5.41) is 2.69. The van der Waals surface area contributed by atoms with E-state index in [-0.39, 0.29) is 36.3 Å². The number of primary amides is 1. The summed E-state index contributed by atoms with van der Waals surface area (Å²) < 4.78 is 5.37. The predicted molar refractivity (Wildman–Crippen MR) is 74.7 cm³/mol.